The Kier molecular flexibility index (Phi) is 4.28. The molecule has 0 spiro atoms. The van der Waals surface area contributed by atoms with E-state index in [0.29, 0.717) is 42.3 Å². The lowest BCUT2D eigenvalue weighted by atomic mass is 10.0. The van der Waals surface area contributed by atoms with Gasteiger partial charge < -0.3 is 9.42 Å². The molecule has 0 radical (unpaired) electrons. The van der Waals surface area contributed by atoms with Crippen molar-refractivity contribution in [2.75, 3.05) is 11.4 Å². The number of hydrogen-bond donors (Lipinski definition) is 1. The topological polar surface area (TPSA) is 101 Å². The van der Waals surface area contributed by atoms with Gasteiger partial charge in [0.1, 0.15) is 17.9 Å². The van der Waals surface area contributed by atoms with E-state index in [9.17, 15) is 18.0 Å². The van der Waals surface area contributed by atoms with Crippen molar-refractivity contribution in [2.24, 2.45) is 0 Å². The van der Waals surface area contributed by atoms with E-state index in [0.717, 1.165) is 5.39 Å². The third kappa shape index (κ3) is 3.49. The summed E-state index contributed by atoms with van der Waals surface area (Å²) in [4.78, 5) is 22.7. The van der Waals surface area contributed by atoms with Crippen LogP contribution in [0.3, 0.4) is 0 Å². The zero-order valence-electron chi connectivity index (χ0n) is 14.1. The molecule has 1 aliphatic heterocycles. The van der Waals surface area contributed by atoms with Crippen LogP contribution in [0.5, 0.6) is 0 Å². The molecule has 0 saturated heterocycles. The highest BCUT2D eigenvalue weighted by molar-refractivity contribution is 5.96. The first-order valence-corrected chi connectivity index (χ1v) is 8.39. The monoisotopic (exact) mass is 380 g/mol. The molecule has 0 bridgehead atoms. The van der Waals surface area contributed by atoms with Gasteiger partial charge in [0.15, 0.2) is 17.1 Å². The van der Waals surface area contributed by atoms with Gasteiger partial charge in [-0.05, 0) is 6.42 Å². The first-order chi connectivity index (χ1) is 12.9. The first kappa shape index (κ1) is 17.4. The Morgan fingerprint density at radius 1 is 1.33 bits per heavy atom. The van der Waals surface area contributed by atoms with E-state index in [-0.39, 0.29) is 18.5 Å². The normalized spacial score (nSPS) is 14.6. The van der Waals surface area contributed by atoms with Gasteiger partial charge in [-0.1, -0.05) is 5.16 Å². The lowest BCUT2D eigenvalue weighted by Crippen LogP contribution is -2.31. The quantitative estimate of drug-likeness (QED) is 0.679. The number of nitrogens with one attached hydrogen (secondary N) is 1. The van der Waals surface area contributed by atoms with Crippen LogP contribution >= 0.6 is 0 Å². The number of aromatic nitrogens is 5. The highest BCUT2D eigenvalue weighted by Crippen LogP contribution is 2.30. The Balaban J connectivity index is 1.53. The van der Waals surface area contributed by atoms with Crippen molar-refractivity contribution in [3.05, 3.63) is 29.5 Å². The summed E-state index contributed by atoms with van der Waals surface area (Å²) in [6, 6.07) is 0. The van der Waals surface area contributed by atoms with Crippen LogP contribution in [0.15, 0.2) is 17.0 Å². The summed E-state index contributed by atoms with van der Waals surface area (Å²) < 4.78 is 42.1. The lowest BCUT2D eigenvalue weighted by molar-refractivity contribution is -0.135. The average molecular weight is 380 g/mol. The molecule has 27 heavy (non-hydrogen) atoms. The van der Waals surface area contributed by atoms with Gasteiger partial charge in [-0.2, -0.15) is 18.3 Å². The molecule has 8 nitrogen and oxygen atoms in total. The van der Waals surface area contributed by atoms with E-state index in [1.54, 1.807) is 6.20 Å². The molecule has 0 fully saturated rings. The summed E-state index contributed by atoms with van der Waals surface area (Å²) in [6.45, 7) is 0.928. The SMILES string of the molecule is O=C(CCCC(F)(F)F)c1noc2c1CN(c1ncnc3[nH]ncc13)CC2. The van der Waals surface area contributed by atoms with Gasteiger partial charge in [0.05, 0.1) is 18.1 Å². The molecule has 3 aromatic heterocycles. The summed E-state index contributed by atoms with van der Waals surface area (Å²) in [6.07, 6.45) is -2.21. The largest absolute Gasteiger partial charge is 0.389 e. The summed E-state index contributed by atoms with van der Waals surface area (Å²) >= 11 is 0. The molecule has 4 rings (SSSR count). The minimum absolute atomic E-state index is 0.106. The molecule has 3 aromatic rings. The second kappa shape index (κ2) is 6.63. The number of aromatic amines is 1. The third-order valence-corrected chi connectivity index (χ3v) is 4.48. The molecule has 1 N–H and O–H groups in total. The molecule has 0 amide bonds. The molecule has 1 aliphatic rings. The number of rotatable bonds is 5. The number of nitrogens with zero attached hydrogens (tertiary/aromatic N) is 5. The maximum atomic E-state index is 12.3. The van der Waals surface area contributed by atoms with E-state index in [2.05, 4.69) is 25.3 Å². The van der Waals surface area contributed by atoms with Crippen LogP contribution in [-0.2, 0) is 13.0 Å². The number of carbonyl (C=O) groups is 1. The Morgan fingerprint density at radius 3 is 3.00 bits per heavy atom. The van der Waals surface area contributed by atoms with Gasteiger partial charge in [0, 0.05) is 31.4 Å². The molecule has 0 aromatic carbocycles. The van der Waals surface area contributed by atoms with Gasteiger partial charge in [-0.15, -0.1) is 0 Å². The molecular weight excluding hydrogens is 365 g/mol. The maximum Gasteiger partial charge on any atom is 0.389 e. The number of halogens is 3. The minimum atomic E-state index is -4.27. The predicted molar refractivity (Wildman–Crippen MR) is 87.2 cm³/mol. The number of H-pyrrole nitrogens is 1. The Morgan fingerprint density at radius 2 is 2.19 bits per heavy atom. The Labute approximate surface area is 150 Å². The average Bonchev–Trinajstić information content (AvgIpc) is 3.26. The van der Waals surface area contributed by atoms with Gasteiger partial charge in [0.25, 0.3) is 0 Å². The van der Waals surface area contributed by atoms with Gasteiger partial charge >= 0.3 is 6.18 Å². The van der Waals surface area contributed by atoms with E-state index in [1.807, 2.05) is 4.90 Å². The second-order valence-electron chi connectivity index (χ2n) is 6.33. The van der Waals surface area contributed by atoms with Gasteiger partial charge in [-0.25, -0.2) is 9.97 Å². The number of fused-ring (bicyclic) bond motifs is 2. The molecule has 0 unspecified atom stereocenters. The smallest absolute Gasteiger partial charge is 0.360 e. The number of carbonyl (C=O) groups excluding carboxylic acids is 1. The fraction of sp³-hybridized carbons (Fsp3) is 0.438. The van der Waals surface area contributed by atoms with Gasteiger partial charge in [-0.3, -0.25) is 9.89 Å². The number of hydrogen-bond acceptors (Lipinski definition) is 7. The van der Waals surface area contributed by atoms with Crippen molar-refractivity contribution in [3.8, 4) is 0 Å². The number of anilines is 1. The minimum Gasteiger partial charge on any atom is -0.360 e. The molecule has 11 heteroatoms. The Hall–Kier alpha value is -2.98. The third-order valence-electron chi connectivity index (χ3n) is 4.48. The lowest BCUT2D eigenvalue weighted by Gasteiger charge is -2.27. The van der Waals surface area contributed by atoms with Crippen LogP contribution in [0.25, 0.3) is 11.0 Å². The van der Waals surface area contributed by atoms with E-state index in [4.69, 9.17) is 4.52 Å². The highest BCUT2D eigenvalue weighted by Gasteiger charge is 2.30. The van der Waals surface area contributed by atoms with Crippen LogP contribution in [-0.4, -0.2) is 43.8 Å². The van der Waals surface area contributed by atoms with E-state index in [1.165, 1.54) is 6.33 Å². The predicted octanol–water partition coefficient (Wildman–Crippen LogP) is 2.82. The molecular formula is C16H15F3N6O2. The fourth-order valence-electron chi connectivity index (χ4n) is 3.18. The standard InChI is InChI=1S/C16H15F3N6O2/c17-16(18,19)4-1-2-11(26)13-10-7-25(5-3-12(10)27-24-13)15-9-6-22-23-14(9)20-8-21-15/h6,8H,1-5,7H2,(H,20,21,22,23). The highest BCUT2D eigenvalue weighted by atomic mass is 19.4. The number of alkyl halides is 3. The van der Waals surface area contributed by atoms with Crippen LogP contribution < -0.4 is 4.90 Å². The molecule has 0 saturated carbocycles. The summed E-state index contributed by atoms with van der Waals surface area (Å²) in [5, 5.41) is 11.3. The van der Waals surface area contributed by atoms with Crippen molar-refractivity contribution in [1.29, 1.82) is 0 Å². The summed E-state index contributed by atoms with van der Waals surface area (Å²) in [5.74, 6) is 0.807. The molecule has 4 heterocycles. The summed E-state index contributed by atoms with van der Waals surface area (Å²) in [5.41, 5.74) is 1.31. The zero-order chi connectivity index (χ0) is 19.0. The van der Waals surface area contributed by atoms with Crippen molar-refractivity contribution in [3.63, 3.8) is 0 Å². The van der Waals surface area contributed by atoms with Crippen molar-refractivity contribution in [2.45, 2.75) is 38.4 Å². The van der Waals surface area contributed by atoms with Crippen LogP contribution in [0.2, 0.25) is 0 Å². The number of ketones is 1. The van der Waals surface area contributed by atoms with Crippen LogP contribution in [0.1, 0.15) is 41.1 Å². The van der Waals surface area contributed by atoms with E-state index >= 15 is 0 Å². The molecule has 142 valence electrons. The summed E-state index contributed by atoms with van der Waals surface area (Å²) in [7, 11) is 0. The first-order valence-electron chi connectivity index (χ1n) is 8.39. The molecule has 0 aliphatic carbocycles. The number of Topliss-reactive ketones (excluding diaryl/α,β-unsaturated/α-hetero) is 1. The molecule has 0 atom stereocenters. The van der Waals surface area contributed by atoms with Crippen molar-refractivity contribution < 1.29 is 22.5 Å². The maximum absolute atomic E-state index is 12.3. The van der Waals surface area contributed by atoms with Crippen molar-refractivity contribution >= 4 is 22.6 Å². The van der Waals surface area contributed by atoms with E-state index < -0.39 is 18.4 Å². The van der Waals surface area contributed by atoms with Crippen molar-refractivity contribution in [1.82, 2.24) is 25.3 Å². The second-order valence-corrected chi connectivity index (χ2v) is 6.33. The fourth-order valence-corrected chi connectivity index (χ4v) is 3.18. The zero-order valence-corrected chi connectivity index (χ0v) is 14.1. The van der Waals surface area contributed by atoms with Gasteiger partial charge in [0.2, 0.25) is 0 Å². The van der Waals surface area contributed by atoms with Crippen LogP contribution in [0.4, 0.5) is 19.0 Å². The Bertz CT molecular complexity index is 980. The van der Waals surface area contributed by atoms with Crippen LogP contribution in [0, 0.1) is 0 Å².